The Morgan fingerprint density at radius 3 is 2.89 bits per heavy atom. The molecule has 192 valence electrons. The van der Waals surface area contributed by atoms with Crippen molar-refractivity contribution in [3.05, 3.63) is 46.9 Å². The number of amides is 2. The van der Waals surface area contributed by atoms with E-state index in [9.17, 15) is 23.9 Å². The SMILES string of the molecule is Nc1nc(/C(=N\OCF)C(=O)N[C@@H]2C(=O)N3C(C(=O)O)=C(C[n+]4ccc(N)n5nccc54)CS[C@H]23)cs1. The number of aliphatic carboxylic acids is 1. The third kappa shape index (κ3) is 4.31. The average molecular weight is 549 g/mol. The van der Waals surface area contributed by atoms with E-state index in [1.165, 1.54) is 21.7 Å². The van der Waals surface area contributed by atoms with Crippen LogP contribution in [0.1, 0.15) is 5.69 Å². The van der Waals surface area contributed by atoms with Crippen LogP contribution < -0.4 is 21.4 Å². The maximum atomic E-state index is 13.0. The van der Waals surface area contributed by atoms with E-state index in [0.29, 0.717) is 17.0 Å². The summed E-state index contributed by atoms with van der Waals surface area (Å²) in [6.07, 6.45) is 3.28. The molecule has 3 aromatic heterocycles. The number of hydrogen-bond acceptors (Lipinski definition) is 11. The normalized spacial score (nSPS) is 19.5. The van der Waals surface area contributed by atoms with Crippen LogP contribution in [-0.2, 0) is 25.8 Å². The van der Waals surface area contributed by atoms with Crippen LogP contribution in [0.3, 0.4) is 0 Å². The lowest BCUT2D eigenvalue weighted by atomic mass is 10.0. The van der Waals surface area contributed by atoms with Crippen LogP contribution in [0.4, 0.5) is 15.3 Å². The lowest BCUT2D eigenvalue weighted by Crippen LogP contribution is -2.71. The van der Waals surface area contributed by atoms with Crippen LogP contribution in [0.5, 0.6) is 0 Å². The number of nitrogens with one attached hydrogen (secondary N) is 1. The quantitative estimate of drug-likeness (QED) is 0.121. The molecule has 2 amide bonds. The molecule has 2 atom stereocenters. The Hall–Kier alpha value is -4.25. The summed E-state index contributed by atoms with van der Waals surface area (Å²) in [6.45, 7) is -1.10. The number of carboxylic acids is 1. The van der Waals surface area contributed by atoms with Gasteiger partial charge in [-0.05, 0) is 0 Å². The number of β-lactam (4-membered cyclic amide) rings is 1. The molecule has 6 N–H and O–H groups in total. The van der Waals surface area contributed by atoms with Gasteiger partial charge in [0.05, 0.1) is 18.5 Å². The van der Waals surface area contributed by atoms with Crippen molar-refractivity contribution in [1.29, 1.82) is 0 Å². The topological polar surface area (TPSA) is 194 Å². The summed E-state index contributed by atoms with van der Waals surface area (Å²) in [4.78, 5) is 47.6. The van der Waals surface area contributed by atoms with Crippen molar-refractivity contribution in [2.24, 2.45) is 5.16 Å². The molecule has 0 aliphatic carbocycles. The number of thiazole rings is 1. The Kier molecular flexibility index (Phi) is 6.38. The fraction of sp³-hybridized carbons (Fsp3) is 0.250. The molecule has 5 rings (SSSR count). The average Bonchev–Trinajstić information content (AvgIpc) is 3.54. The van der Waals surface area contributed by atoms with Crippen LogP contribution in [0.15, 0.2) is 46.3 Å². The molecule has 3 aromatic rings. The summed E-state index contributed by atoms with van der Waals surface area (Å²) in [7, 11) is 0. The first-order valence-corrected chi connectivity index (χ1v) is 12.5. The van der Waals surface area contributed by atoms with Gasteiger partial charge in [0.1, 0.15) is 29.4 Å². The highest BCUT2D eigenvalue weighted by molar-refractivity contribution is 8.00. The van der Waals surface area contributed by atoms with Crippen molar-refractivity contribution in [2.75, 3.05) is 24.1 Å². The van der Waals surface area contributed by atoms with Crippen molar-refractivity contribution in [2.45, 2.75) is 18.0 Å². The zero-order valence-corrected chi connectivity index (χ0v) is 20.4. The molecular formula is C20H19FN9O5S2+. The predicted octanol–water partition coefficient (Wildman–Crippen LogP) is -0.671. The Bertz CT molecular complexity index is 1490. The second-order valence-corrected chi connectivity index (χ2v) is 9.83. The van der Waals surface area contributed by atoms with Crippen LogP contribution in [0.2, 0.25) is 0 Å². The second-order valence-electron chi connectivity index (χ2n) is 7.84. The fourth-order valence-corrected chi connectivity index (χ4v) is 5.95. The van der Waals surface area contributed by atoms with Gasteiger partial charge in [0.2, 0.25) is 5.82 Å². The number of fused-ring (bicyclic) bond motifs is 2. The van der Waals surface area contributed by atoms with Crippen LogP contribution in [-0.4, -0.2) is 72.1 Å². The van der Waals surface area contributed by atoms with Gasteiger partial charge in [-0.1, -0.05) is 14.8 Å². The highest BCUT2D eigenvalue weighted by Gasteiger charge is 2.54. The van der Waals surface area contributed by atoms with Crippen molar-refractivity contribution in [1.82, 2.24) is 24.8 Å². The first kappa shape index (κ1) is 24.4. The molecule has 2 aliphatic rings. The number of alkyl halides is 1. The van der Waals surface area contributed by atoms with Crippen molar-refractivity contribution in [3.63, 3.8) is 0 Å². The Balaban J connectivity index is 1.38. The summed E-state index contributed by atoms with van der Waals surface area (Å²) in [5, 5.41) is 21.0. The largest absolute Gasteiger partial charge is 0.477 e. The number of oxime groups is 1. The highest BCUT2D eigenvalue weighted by Crippen LogP contribution is 2.40. The molecule has 0 spiro atoms. The van der Waals surface area contributed by atoms with Gasteiger partial charge in [-0.2, -0.15) is 0 Å². The Labute approximate surface area is 215 Å². The van der Waals surface area contributed by atoms with Gasteiger partial charge >= 0.3 is 11.6 Å². The summed E-state index contributed by atoms with van der Waals surface area (Å²) in [5.41, 5.74) is 12.2. The number of aromatic nitrogens is 4. The minimum absolute atomic E-state index is 0.0495. The third-order valence-electron chi connectivity index (χ3n) is 5.67. The lowest BCUT2D eigenvalue weighted by Gasteiger charge is -2.49. The number of nitrogens with two attached hydrogens (primary N) is 2. The Morgan fingerprint density at radius 1 is 1.38 bits per heavy atom. The standard InChI is InChI=1S/C20H18FN9O5S2/c21-8-35-27-13(10-7-37-20(23)25-10)16(31)26-14-17(32)29-15(19(33)34)9(6-36-18(14)29)5-28-4-2-11(22)30-12(28)1-3-24-30/h1-4,7,14,18,22H,5-6,8H2,(H4,23,25,26,31,33,34)/p+1/b27-13+/t14-,18-/m1/s1. The summed E-state index contributed by atoms with van der Waals surface area (Å²) in [6, 6.07) is 2.34. The number of rotatable bonds is 8. The van der Waals surface area contributed by atoms with E-state index in [2.05, 4.69) is 25.4 Å². The molecule has 1 saturated heterocycles. The number of nitrogen functional groups attached to an aromatic ring is 2. The van der Waals surface area contributed by atoms with Gasteiger partial charge in [0.25, 0.3) is 18.7 Å². The zero-order chi connectivity index (χ0) is 26.3. The second kappa shape index (κ2) is 9.66. The van der Waals surface area contributed by atoms with Crippen LogP contribution in [0.25, 0.3) is 5.65 Å². The zero-order valence-electron chi connectivity index (χ0n) is 18.8. The van der Waals surface area contributed by atoms with Gasteiger partial charge in [-0.3, -0.25) is 14.5 Å². The number of carbonyl (C=O) groups excluding carboxylic acids is 2. The maximum absolute atomic E-state index is 13.0. The fourth-order valence-electron chi connectivity index (χ4n) is 4.07. The van der Waals surface area contributed by atoms with Crippen molar-refractivity contribution >= 4 is 63.2 Å². The number of carbonyl (C=O) groups is 3. The lowest BCUT2D eigenvalue weighted by molar-refractivity contribution is -0.666. The van der Waals surface area contributed by atoms with E-state index in [4.69, 9.17) is 11.5 Å². The van der Waals surface area contributed by atoms with Crippen LogP contribution in [0, 0.1) is 0 Å². The van der Waals surface area contributed by atoms with Gasteiger partial charge in [-0.15, -0.1) is 23.1 Å². The van der Waals surface area contributed by atoms with Gasteiger partial charge in [0.15, 0.2) is 10.8 Å². The van der Waals surface area contributed by atoms with Crippen LogP contribution >= 0.6 is 23.1 Å². The number of halogens is 1. The van der Waals surface area contributed by atoms with Crippen molar-refractivity contribution < 1.29 is 33.3 Å². The Morgan fingerprint density at radius 2 is 2.19 bits per heavy atom. The molecule has 5 heterocycles. The minimum atomic E-state index is -1.28. The molecule has 17 heteroatoms. The summed E-state index contributed by atoms with van der Waals surface area (Å²) >= 11 is 2.34. The molecule has 0 saturated carbocycles. The van der Waals surface area contributed by atoms with E-state index in [0.717, 1.165) is 16.2 Å². The van der Waals surface area contributed by atoms with Crippen molar-refractivity contribution in [3.8, 4) is 0 Å². The monoisotopic (exact) mass is 548 g/mol. The molecule has 0 radical (unpaired) electrons. The first-order chi connectivity index (χ1) is 17.8. The first-order valence-electron chi connectivity index (χ1n) is 10.6. The van der Waals surface area contributed by atoms with Gasteiger partial charge in [-0.25, -0.2) is 18.7 Å². The van der Waals surface area contributed by atoms with E-state index in [1.54, 1.807) is 29.1 Å². The molecule has 2 aliphatic heterocycles. The summed E-state index contributed by atoms with van der Waals surface area (Å²) in [5.74, 6) is -2.02. The number of thioether (sulfide) groups is 1. The maximum Gasteiger partial charge on any atom is 0.352 e. The van der Waals surface area contributed by atoms with E-state index < -0.39 is 36.1 Å². The molecule has 1 fully saturated rings. The molecular weight excluding hydrogens is 529 g/mol. The minimum Gasteiger partial charge on any atom is -0.477 e. The molecule has 0 unspecified atom stereocenters. The van der Waals surface area contributed by atoms with E-state index >= 15 is 0 Å². The summed E-state index contributed by atoms with van der Waals surface area (Å²) < 4.78 is 15.8. The third-order valence-corrected chi connectivity index (χ3v) is 7.68. The van der Waals surface area contributed by atoms with Gasteiger partial charge in [0, 0.05) is 22.8 Å². The number of hydrogen-bond donors (Lipinski definition) is 4. The molecule has 14 nitrogen and oxygen atoms in total. The molecule has 0 aromatic carbocycles. The number of carboxylic acid groups (broad SMARTS) is 1. The number of nitrogens with zero attached hydrogens (tertiary/aromatic N) is 6. The van der Waals surface area contributed by atoms with Gasteiger partial charge < -0.3 is 26.7 Å². The highest BCUT2D eigenvalue weighted by atomic mass is 32.2. The molecule has 37 heavy (non-hydrogen) atoms. The predicted molar refractivity (Wildman–Crippen MR) is 130 cm³/mol. The number of anilines is 2. The molecule has 0 bridgehead atoms. The van der Waals surface area contributed by atoms with E-state index in [-0.39, 0.29) is 34.5 Å². The smallest absolute Gasteiger partial charge is 0.352 e. The van der Waals surface area contributed by atoms with E-state index in [1.807, 2.05) is 0 Å².